The number of rotatable bonds is 11. The molecular weight excluding hydrogens is 366 g/mol. The molecule has 6 atom stereocenters. The highest BCUT2D eigenvalue weighted by Gasteiger charge is 2.38. The van der Waals surface area contributed by atoms with Gasteiger partial charge in [0.15, 0.2) is 0 Å². The lowest BCUT2D eigenvalue weighted by Crippen LogP contribution is -2.53. The van der Waals surface area contributed by atoms with Crippen LogP contribution in [0.3, 0.4) is 0 Å². The highest BCUT2D eigenvalue weighted by atomic mass is 16.5. The molecule has 1 aliphatic heterocycles. The van der Waals surface area contributed by atoms with E-state index in [-0.39, 0.29) is 12.6 Å². The van der Waals surface area contributed by atoms with Crippen LogP contribution in [0, 0.1) is 23.2 Å². The van der Waals surface area contributed by atoms with Crippen LogP contribution < -0.4 is 0 Å². The van der Waals surface area contributed by atoms with E-state index in [9.17, 15) is 15.3 Å². The molecule has 1 heterocycles. The van der Waals surface area contributed by atoms with Gasteiger partial charge in [0.2, 0.25) is 0 Å². The van der Waals surface area contributed by atoms with Crippen LogP contribution in [0.5, 0.6) is 0 Å². The number of β-amino-alcohol motifs (C(OH)–C–C–N with tert-alkyl or cyclic N) is 1. The molecule has 1 saturated carbocycles. The summed E-state index contributed by atoms with van der Waals surface area (Å²) in [5.41, 5.74) is 0.365. The van der Waals surface area contributed by atoms with Gasteiger partial charge in [-0.2, -0.15) is 0 Å². The minimum Gasteiger partial charge on any atom is -0.395 e. The number of likely N-dealkylation sites (tertiary alicyclic amines) is 1. The first-order valence-corrected chi connectivity index (χ1v) is 12.0. The molecule has 172 valence electrons. The second-order valence-electron chi connectivity index (χ2n) is 10.8. The molecular formula is C24H47NO4. The van der Waals surface area contributed by atoms with Crippen molar-refractivity contribution in [2.75, 3.05) is 32.9 Å². The third-order valence-corrected chi connectivity index (χ3v) is 6.96. The summed E-state index contributed by atoms with van der Waals surface area (Å²) in [4.78, 5) is 2.13. The molecule has 0 bridgehead atoms. The van der Waals surface area contributed by atoms with Gasteiger partial charge >= 0.3 is 0 Å². The molecule has 3 N–H and O–H groups in total. The minimum atomic E-state index is -0.708. The van der Waals surface area contributed by atoms with E-state index in [1.54, 1.807) is 0 Å². The quantitative estimate of drug-likeness (QED) is 0.453. The van der Waals surface area contributed by atoms with E-state index in [1.165, 1.54) is 25.7 Å². The summed E-state index contributed by atoms with van der Waals surface area (Å²) < 4.78 is 6.21. The van der Waals surface area contributed by atoms with Crippen molar-refractivity contribution in [1.29, 1.82) is 0 Å². The van der Waals surface area contributed by atoms with Gasteiger partial charge in [0.25, 0.3) is 0 Å². The molecule has 1 aliphatic carbocycles. The van der Waals surface area contributed by atoms with E-state index >= 15 is 0 Å². The maximum absolute atomic E-state index is 9.89. The first-order chi connectivity index (χ1) is 13.7. The fourth-order valence-corrected chi connectivity index (χ4v) is 6.17. The van der Waals surface area contributed by atoms with Gasteiger partial charge in [0.05, 0.1) is 25.4 Å². The first-order valence-electron chi connectivity index (χ1n) is 12.0. The highest BCUT2D eigenvalue weighted by Crippen LogP contribution is 2.46. The summed E-state index contributed by atoms with van der Waals surface area (Å²) in [6, 6.07) is -0.0316. The van der Waals surface area contributed by atoms with Gasteiger partial charge in [-0.3, -0.25) is 4.90 Å². The number of piperidine rings is 1. The summed E-state index contributed by atoms with van der Waals surface area (Å²) in [6.45, 7) is 12.6. The maximum Gasteiger partial charge on any atom is 0.0926 e. The highest BCUT2D eigenvalue weighted by molar-refractivity contribution is 4.89. The van der Waals surface area contributed by atoms with Crippen molar-refractivity contribution < 1.29 is 20.1 Å². The molecule has 0 aromatic rings. The van der Waals surface area contributed by atoms with Gasteiger partial charge in [0, 0.05) is 19.2 Å². The Morgan fingerprint density at radius 2 is 1.69 bits per heavy atom. The summed E-state index contributed by atoms with van der Waals surface area (Å²) in [6.07, 6.45) is 7.48. The minimum absolute atomic E-state index is 0.0316. The second kappa shape index (κ2) is 12.0. The fourth-order valence-electron chi connectivity index (χ4n) is 6.17. The Labute approximate surface area is 178 Å². The monoisotopic (exact) mass is 413 g/mol. The average Bonchev–Trinajstić information content (AvgIpc) is 2.61. The van der Waals surface area contributed by atoms with Crippen LogP contribution in [-0.4, -0.2) is 71.4 Å². The number of hydrogen-bond acceptors (Lipinski definition) is 5. The average molecular weight is 414 g/mol. The van der Waals surface area contributed by atoms with Crippen LogP contribution in [0.15, 0.2) is 0 Å². The van der Waals surface area contributed by atoms with Crippen molar-refractivity contribution in [3.63, 3.8) is 0 Å². The third-order valence-electron chi connectivity index (χ3n) is 6.96. The largest absolute Gasteiger partial charge is 0.395 e. The second-order valence-corrected chi connectivity index (χ2v) is 10.8. The molecule has 0 radical (unpaired) electrons. The van der Waals surface area contributed by atoms with Crippen LogP contribution in [-0.2, 0) is 4.74 Å². The lowest BCUT2D eigenvalue weighted by atomic mass is 9.63. The van der Waals surface area contributed by atoms with Crippen LogP contribution >= 0.6 is 0 Å². The van der Waals surface area contributed by atoms with E-state index in [2.05, 4.69) is 32.6 Å². The van der Waals surface area contributed by atoms with Crippen molar-refractivity contribution >= 4 is 0 Å². The normalized spacial score (nSPS) is 36.6. The molecule has 1 saturated heterocycles. The number of nitrogens with zero attached hydrogens (tertiary/aromatic N) is 1. The van der Waals surface area contributed by atoms with Crippen LogP contribution in [0.25, 0.3) is 0 Å². The van der Waals surface area contributed by atoms with Crippen molar-refractivity contribution in [3.05, 3.63) is 0 Å². The van der Waals surface area contributed by atoms with E-state index in [1.807, 2.05) is 0 Å². The van der Waals surface area contributed by atoms with Crippen LogP contribution in [0.2, 0.25) is 0 Å². The number of hydrogen-bond donors (Lipinski definition) is 3. The van der Waals surface area contributed by atoms with Gasteiger partial charge in [0.1, 0.15) is 0 Å². The zero-order chi connectivity index (χ0) is 21.4. The smallest absolute Gasteiger partial charge is 0.0926 e. The SMILES string of the molecule is CC(C)CC1(COCCCCCN2C[C@H](O)C(O)C[C@@H]2CO)CC(C)C[C@@H](C)C1. The van der Waals surface area contributed by atoms with E-state index in [0.717, 1.165) is 50.9 Å². The van der Waals surface area contributed by atoms with Gasteiger partial charge in [-0.05, 0) is 81.1 Å². The number of ether oxygens (including phenoxy) is 1. The Kier molecular flexibility index (Phi) is 10.4. The number of aliphatic hydroxyl groups is 3. The molecule has 0 spiro atoms. The summed E-state index contributed by atoms with van der Waals surface area (Å²) in [5, 5.41) is 29.2. The summed E-state index contributed by atoms with van der Waals surface area (Å²) >= 11 is 0. The van der Waals surface area contributed by atoms with Gasteiger partial charge in [-0.25, -0.2) is 0 Å². The Morgan fingerprint density at radius 3 is 2.31 bits per heavy atom. The maximum atomic E-state index is 9.89. The molecule has 2 fully saturated rings. The van der Waals surface area contributed by atoms with Gasteiger partial charge in [-0.1, -0.05) is 27.7 Å². The molecule has 0 amide bonds. The van der Waals surface area contributed by atoms with E-state index in [0.29, 0.717) is 24.3 Å². The molecule has 3 unspecified atom stereocenters. The lowest BCUT2D eigenvalue weighted by molar-refractivity contribution is -0.0712. The molecule has 5 nitrogen and oxygen atoms in total. The zero-order valence-electron chi connectivity index (χ0n) is 19.4. The molecule has 29 heavy (non-hydrogen) atoms. The molecule has 2 aliphatic rings. The zero-order valence-corrected chi connectivity index (χ0v) is 19.4. The Bertz CT molecular complexity index is 443. The summed E-state index contributed by atoms with van der Waals surface area (Å²) in [5.74, 6) is 2.33. The molecule has 2 rings (SSSR count). The molecule has 0 aromatic carbocycles. The predicted octanol–water partition coefficient (Wildman–Crippen LogP) is 3.45. The number of aliphatic hydroxyl groups excluding tert-OH is 3. The predicted molar refractivity (Wildman–Crippen MR) is 118 cm³/mol. The Morgan fingerprint density at radius 1 is 1.00 bits per heavy atom. The van der Waals surface area contributed by atoms with E-state index in [4.69, 9.17) is 4.74 Å². The topological polar surface area (TPSA) is 73.2 Å². The molecule has 0 aromatic heterocycles. The van der Waals surface area contributed by atoms with Crippen molar-refractivity contribution in [1.82, 2.24) is 4.90 Å². The number of unbranched alkanes of at least 4 members (excludes halogenated alkanes) is 2. The standard InChI is InChI=1S/C24H47NO4/c1-18(2)12-24(13-19(3)10-20(4)14-24)17-29-9-7-5-6-8-25-15-23(28)22(27)11-21(25)16-26/h18-23,26-28H,5-17H2,1-4H3/t19-,20?,21-,22?,23+,24?/m1/s1. The van der Waals surface area contributed by atoms with Crippen LogP contribution in [0.4, 0.5) is 0 Å². The van der Waals surface area contributed by atoms with E-state index < -0.39 is 12.2 Å². The fraction of sp³-hybridized carbons (Fsp3) is 1.00. The van der Waals surface area contributed by atoms with Crippen molar-refractivity contribution in [2.45, 2.75) is 97.3 Å². The lowest BCUT2D eigenvalue weighted by Gasteiger charge is -2.44. The first kappa shape index (κ1) is 25.1. The third kappa shape index (κ3) is 8.10. The Balaban J connectivity index is 1.66. The van der Waals surface area contributed by atoms with Crippen molar-refractivity contribution in [3.8, 4) is 0 Å². The van der Waals surface area contributed by atoms with Gasteiger partial charge in [-0.15, -0.1) is 0 Å². The van der Waals surface area contributed by atoms with Gasteiger partial charge < -0.3 is 20.1 Å². The summed E-state index contributed by atoms with van der Waals surface area (Å²) in [7, 11) is 0. The molecule has 5 heteroatoms. The van der Waals surface area contributed by atoms with Crippen molar-refractivity contribution in [2.24, 2.45) is 23.2 Å². The Hall–Kier alpha value is -0.200. The van der Waals surface area contributed by atoms with Crippen LogP contribution in [0.1, 0.15) is 79.1 Å².